The summed E-state index contributed by atoms with van der Waals surface area (Å²) < 4.78 is 0. The van der Waals surface area contributed by atoms with E-state index >= 15 is 0 Å². The molecule has 0 bridgehead atoms. The largest absolute Gasteiger partial charge is 0.350 e. The van der Waals surface area contributed by atoms with Crippen molar-refractivity contribution in [2.45, 2.75) is 19.1 Å². The van der Waals surface area contributed by atoms with Crippen molar-refractivity contribution in [2.24, 2.45) is 20.3 Å². The Kier molecular flexibility index (Phi) is 7.68. The van der Waals surface area contributed by atoms with E-state index in [4.69, 9.17) is 5.53 Å². The maximum atomic E-state index is 12.9. The van der Waals surface area contributed by atoms with Gasteiger partial charge in [0.1, 0.15) is 0 Å². The van der Waals surface area contributed by atoms with E-state index in [9.17, 15) is 4.79 Å². The summed E-state index contributed by atoms with van der Waals surface area (Å²) in [5, 5.41) is 14.6. The van der Waals surface area contributed by atoms with Gasteiger partial charge in [-0.3, -0.25) is 9.79 Å². The zero-order valence-electron chi connectivity index (χ0n) is 16.3. The SMILES string of the molecule is N=NC(=NCc1ccccc1)C(N=Nc1ccccc1)C(=O)NCc1ccccc1. The summed E-state index contributed by atoms with van der Waals surface area (Å²) in [6, 6.07) is 27.1. The van der Waals surface area contributed by atoms with Crippen LogP contribution in [0.4, 0.5) is 5.69 Å². The molecule has 0 aromatic heterocycles. The Balaban J connectivity index is 1.80. The fourth-order valence-corrected chi connectivity index (χ4v) is 2.66. The van der Waals surface area contributed by atoms with E-state index in [0.717, 1.165) is 11.1 Å². The Morgan fingerprint density at radius 2 is 1.40 bits per heavy atom. The average Bonchev–Trinajstić information content (AvgIpc) is 2.81. The van der Waals surface area contributed by atoms with Crippen LogP contribution in [0.25, 0.3) is 0 Å². The number of rotatable bonds is 8. The Morgan fingerprint density at radius 3 is 2.00 bits per heavy atom. The van der Waals surface area contributed by atoms with E-state index in [-0.39, 0.29) is 5.84 Å². The van der Waals surface area contributed by atoms with Crippen LogP contribution in [-0.4, -0.2) is 17.8 Å². The molecule has 3 rings (SSSR count). The minimum absolute atomic E-state index is 0.00379. The molecule has 7 nitrogen and oxygen atoms in total. The summed E-state index contributed by atoms with van der Waals surface area (Å²) in [5.41, 5.74) is 10.0. The lowest BCUT2D eigenvalue weighted by molar-refractivity contribution is -0.121. The van der Waals surface area contributed by atoms with Crippen LogP contribution in [0, 0.1) is 5.53 Å². The number of hydrogen-bond donors (Lipinski definition) is 2. The molecular weight excluding hydrogens is 376 g/mol. The standard InChI is InChI=1S/C23H22N6O/c24-27-22(25-16-18-10-4-1-5-11-18)21(29-28-20-14-8-3-9-15-20)23(30)26-17-19-12-6-2-7-13-19/h1-15,21,24H,16-17H2,(H,26,30). The van der Waals surface area contributed by atoms with Gasteiger partial charge in [0.25, 0.3) is 5.91 Å². The Morgan fingerprint density at radius 1 is 0.833 bits per heavy atom. The molecule has 2 N–H and O–H groups in total. The molecule has 3 aromatic rings. The second-order valence-electron chi connectivity index (χ2n) is 6.43. The quantitative estimate of drug-likeness (QED) is 0.308. The lowest BCUT2D eigenvalue weighted by Gasteiger charge is -2.11. The topological polar surface area (TPSA) is 102 Å². The number of carbonyl (C=O) groups excluding carboxylic acids is 1. The lowest BCUT2D eigenvalue weighted by atomic mass is 10.2. The van der Waals surface area contributed by atoms with E-state index in [1.807, 2.05) is 78.9 Å². The van der Waals surface area contributed by atoms with E-state index < -0.39 is 11.9 Å². The highest BCUT2D eigenvalue weighted by molar-refractivity contribution is 6.07. The first kappa shape index (κ1) is 20.7. The van der Waals surface area contributed by atoms with Crippen LogP contribution in [0.5, 0.6) is 0 Å². The molecule has 0 radical (unpaired) electrons. The molecule has 30 heavy (non-hydrogen) atoms. The van der Waals surface area contributed by atoms with Crippen molar-refractivity contribution in [3.63, 3.8) is 0 Å². The number of nitrogens with one attached hydrogen (secondary N) is 2. The Hall–Kier alpha value is -4.00. The maximum Gasteiger partial charge on any atom is 0.255 e. The molecule has 1 amide bonds. The van der Waals surface area contributed by atoms with E-state index in [1.165, 1.54) is 0 Å². The smallest absolute Gasteiger partial charge is 0.255 e. The monoisotopic (exact) mass is 398 g/mol. The van der Waals surface area contributed by atoms with E-state index in [2.05, 4.69) is 25.7 Å². The van der Waals surface area contributed by atoms with Gasteiger partial charge in [-0.25, -0.2) is 5.53 Å². The Bertz CT molecular complexity index is 1000. The van der Waals surface area contributed by atoms with Crippen molar-refractivity contribution >= 4 is 17.4 Å². The number of amidine groups is 1. The molecule has 150 valence electrons. The molecule has 0 saturated carbocycles. The first-order valence-electron chi connectivity index (χ1n) is 9.49. The summed E-state index contributed by atoms with van der Waals surface area (Å²) in [6.45, 7) is 0.628. The third-order valence-electron chi connectivity index (χ3n) is 4.23. The van der Waals surface area contributed by atoms with Gasteiger partial charge in [-0.1, -0.05) is 78.9 Å². The third kappa shape index (κ3) is 6.27. The molecule has 0 aliphatic heterocycles. The fourth-order valence-electron chi connectivity index (χ4n) is 2.66. The number of nitrogens with zero attached hydrogens (tertiary/aromatic N) is 4. The van der Waals surface area contributed by atoms with Crippen LogP contribution in [0.15, 0.2) is 111 Å². The second-order valence-corrected chi connectivity index (χ2v) is 6.43. The van der Waals surface area contributed by atoms with Crippen molar-refractivity contribution in [1.29, 1.82) is 5.53 Å². The van der Waals surface area contributed by atoms with Gasteiger partial charge in [0.15, 0.2) is 5.84 Å². The van der Waals surface area contributed by atoms with Gasteiger partial charge in [-0.2, -0.15) is 10.2 Å². The molecule has 1 unspecified atom stereocenters. The van der Waals surface area contributed by atoms with E-state index in [0.29, 0.717) is 18.8 Å². The number of aliphatic imine (C=N–C) groups is 1. The molecule has 7 heteroatoms. The van der Waals surface area contributed by atoms with Gasteiger partial charge in [0.05, 0.1) is 12.2 Å². The molecule has 0 saturated heterocycles. The molecule has 0 spiro atoms. The summed E-state index contributed by atoms with van der Waals surface area (Å²) in [7, 11) is 0. The van der Waals surface area contributed by atoms with Crippen LogP contribution in [0.3, 0.4) is 0 Å². The predicted molar refractivity (Wildman–Crippen MR) is 116 cm³/mol. The number of amides is 1. The molecule has 0 fully saturated rings. The van der Waals surface area contributed by atoms with E-state index in [1.54, 1.807) is 12.1 Å². The third-order valence-corrected chi connectivity index (χ3v) is 4.23. The van der Waals surface area contributed by atoms with Gasteiger partial charge in [0, 0.05) is 6.54 Å². The van der Waals surface area contributed by atoms with Crippen LogP contribution in [-0.2, 0) is 17.9 Å². The van der Waals surface area contributed by atoms with Crippen LogP contribution in [0.1, 0.15) is 11.1 Å². The maximum absolute atomic E-state index is 12.9. The molecule has 0 heterocycles. The van der Waals surface area contributed by atoms with Crippen molar-refractivity contribution in [2.75, 3.05) is 0 Å². The minimum atomic E-state index is -1.12. The summed E-state index contributed by atoms with van der Waals surface area (Å²) in [4.78, 5) is 17.2. The van der Waals surface area contributed by atoms with Crippen molar-refractivity contribution in [3.8, 4) is 0 Å². The van der Waals surface area contributed by atoms with Crippen molar-refractivity contribution < 1.29 is 4.79 Å². The zero-order chi connectivity index (χ0) is 21.0. The molecule has 0 aliphatic carbocycles. The van der Waals surface area contributed by atoms with Crippen LogP contribution < -0.4 is 5.32 Å². The number of carbonyl (C=O) groups is 1. The summed E-state index contributed by atoms with van der Waals surface area (Å²) in [5.74, 6) is -0.412. The van der Waals surface area contributed by atoms with Gasteiger partial charge in [0.2, 0.25) is 6.04 Å². The molecular formula is C23H22N6O. The first-order valence-corrected chi connectivity index (χ1v) is 9.49. The molecule has 0 aliphatic rings. The first-order chi connectivity index (χ1) is 14.8. The van der Waals surface area contributed by atoms with Crippen LogP contribution in [0.2, 0.25) is 0 Å². The van der Waals surface area contributed by atoms with Gasteiger partial charge < -0.3 is 5.32 Å². The lowest BCUT2D eigenvalue weighted by Crippen LogP contribution is -2.37. The predicted octanol–water partition coefficient (Wildman–Crippen LogP) is 5.08. The number of benzene rings is 3. The van der Waals surface area contributed by atoms with Crippen molar-refractivity contribution in [1.82, 2.24) is 5.32 Å². The summed E-state index contributed by atoms with van der Waals surface area (Å²) >= 11 is 0. The average molecular weight is 398 g/mol. The zero-order valence-corrected chi connectivity index (χ0v) is 16.3. The second kappa shape index (κ2) is 11.1. The fraction of sp³-hybridized carbons (Fsp3) is 0.130. The highest BCUT2D eigenvalue weighted by Crippen LogP contribution is 2.13. The van der Waals surface area contributed by atoms with Crippen LogP contribution >= 0.6 is 0 Å². The van der Waals surface area contributed by atoms with Gasteiger partial charge in [-0.15, -0.1) is 5.11 Å². The highest BCUT2D eigenvalue weighted by Gasteiger charge is 2.24. The number of hydrogen-bond acceptors (Lipinski definition) is 5. The van der Waals surface area contributed by atoms with Gasteiger partial charge >= 0.3 is 0 Å². The van der Waals surface area contributed by atoms with Crippen molar-refractivity contribution in [3.05, 3.63) is 102 Å². The Labute approximate surface area is 175 Å². The normalized spacial score (nSPS) is 12.5. The highest BCUT2D eigenvalue weighted by atomic mass is 16.2. The summed E-state index contributed by atoms with van der Waals surface area (Å²) in [6.07, 6.45) is 0. The molecule has 3 aromatic carbocycles. The number of azo groups is 1. The van der Waals surface area contributed by atoms with Gasteiger partial charge in [-0.05, 0) is 23.3 Å². The molecule has 1 atom stereocenters. The minimum Gasteiger partial charge on any atom is -0.350 e.